The van der Waals surface area contributed by atoms with Crippen molar-refractivity contribution >= 4 is 5.91 Å². The molecular formula is C14H21N3O2. The highest BCUT2D eigenvalue weighted by molar-refractivity contribution is 5.94. The molecule has 104 valence electrons. The molecule has 0 radical (unpaired) electrons. The third-order valence-electron chi connectivity index (χ3n) is 3.84. The van der Waals surface area contributed by atoms with Crippen molar-refractivity contribution in [2.24, 2.45) is 11.7 Å². The summed E-state index contributed by atoms with van der Waals surface area (Å²) in [6.07, 6.45) is 7.42. The van der Waals surface area contributed by atoms with Crippen LogP contribution in [0.25, 0.3) is 0 Å². The van der Waals surface area contributed by atoms with Crippen molar-refractivity contribution in [1.29, 1.82) is 0 Å². The van der Waals surface area contributed by atoms with Crippen molar-refractivity contribution in [3.63, 3.8) is 0 Å². The number of pyridine rings is 1. The lowest BCUT2D eigenvalue weighted by Gasteiger charge is -2.30. The third-order valence-corrected chi connectivity index (χ3v) is 3.84. The molecule has 0 aliphatic heterocycles. The molecule has 0 spiro atoms. The minimum atomic E-state index is -0.209. The first-order valence-corrected chi connectivity index (χ1v) is 6.90. The molecule has 1 aromatic rings. The lowest BCUT2D eigenvalue weighted by molar-refractivity contribution is 0.0915. The molecule has 1 amide bonds. The number of carbonyl (C=O) groups is 1. The lowest BCUT2D eigenvalue weighted by Crippen LogP contribution is -2.46. The van der Waals surface area contributed by atoms with E-state index in [4.69, 9.17) is 5.73 Å². The van der Waals surface area contributed by atoms with Crippen molar-refractivity contribution in [1.82, 2.24) is 10.3 Å². The number of amides is 1. The summed E-state index contributed by atoms with van der Waals surface area (Å²) >= 11 is 0. The summed E-state index contributed by atoms with van der Waals surface area (Å²) in [4.78, 5) is 25.5. The molecule has 5 nitrogen and oxygen atoms in total. The monoisotopic (exact) mass is 263 g/mol. The summed E-state index contributed by atoms with van der Waals surface area (Å²) < 4.78 is 0. The van der Waals surface area contributed by atoms with Crippen molar-refractivity contribution < 1.29 is 4.79 Å². The number of nitrogens with two attached hydrogens (primary N) is 1. The molecule has 1 heterocycles. The Morgan fingerprint density at radius 3 is 2.68 bits per heavy atom. The van der Waals surface area contributed by atoms with Crippen LogP contribution in [-0.2, 0) is 0 Å². The van der Waals surface area contributed by atoms with Crippen LogP contribution in [0.5, 0.6) is 0 Å². The number of carbonyl (C=O) groups excluding carboxylic acids is 1. The average Bonchev–Trinajstić information content (AvgIpc) is 2.46. The van der Waals surface area contributed by atoms with Crippen molar-refractivity contribution in [3.05, 3.63) is 34.2 Å². The van der Waals surface area contributed by atoms with E-state index in [9.17, 15) is 9.59 Å². The van der Waals surface area contributed by atoms with E-state index in [2.05, 4.69) is 10.3 Å². The first kappa shape index (κ1) is 13.8. The fourth-order valence-electron chi connectivity index (χ4n) is 2.71. The van der Waals surface area contributed by atoms with E-state index in [1.165, 1.54) is 37.6 Å². The maximum atomic E-state index is 12.1. The normalized spacial score (nSPS) is 17.9. The molecule has 2 rings (SSSR count). The van der Waals surface area contributed by atoms with Gasteiger partial charge < -0.3 is 16.0 Å². The predicted octanol–water partition coefficient (Wildman–Crippen LogP) is 1.01. The first-order valence-electron chi connectivity index (χ1n) is 6.90. The van der Waals surface area contributed by atoms with Gasteiger partial charge in [-0.05, 0) is 24.8 Å². The van der Waals surface area contributed by atoms with Gasteiger partial charge >= 0.3 is 0 Å². The zero-order valence-corrected chi connectivity index (χ0v) is 11.0. The third kappa shape index (κ3) is 3.67. The van der Waals surface area contributed by atoms with E-state index in [1.54, 1.807) is 0 Å². The number of H-pyrrole nitrogens is 1. The molecule has 0 bridgehead atoms. The number of aromatic amines is 1. The second-order valence-corrected chi connectivity index (χ2v) is 5.16. The van der Waals surface area contributed by atoms with Crippen LogP contribution in [0.2, 0.25) is 0 Å². The van der Waals surface area contributed by atoms with Crippen LogP contribution in [0.3, 0.4) is 0 Å². The summed E-state index contributed by atoms with van der Waals surface area (Å²) in [6, 6.07) is 2.91. The van der Waals surface area contributed by atoms with E-state index in [-0.39, 0.29) is 17.5 Å². The predicted molar refractivity (Wildman–Crippen MR) is 73.9 cm³/mol. The Morgan fingerprint density at radius 1 is 1.37 bits per heavy atom. The second-order valence-electron chi connectivity index (χ2n) is 5.16. The highest BCUT2D eigenvalue weighted by Gasteiger charge is 2.24. The molecule has 1 aliphatic rings. The van der Waals surface area contributed by atoms with Crippen LogP contribution in [0.15, 0.2) is 23.1 Å². The zero-order valence-electron chi connectivity index (χ0n) is 11.0. The molecule has 1 saturated carbocycles. The standard InChI is InChI=1S/C14H21N3O2/c15-8-12(10-4-2-1-3-5-10)17-14(19)11-6-7-13(18)16-9-11/h6-7,9-10,12H,1-5,8,15H2,(H,16,18)(H,17,19). The topological polar surface area (TPSA) is 88.0 Å². The van der Waals surface area contributed by atoms with Gasteiger partial charge in [-0.25, -0.2) is 0 Å². The minimum Gasteiger partial charge on any atom is -0.348 e. The largest absolute Gasteiger partial charge is 0.348 e. The molecule has 1 aliphatic carbocycles. The van der Waals surface area contributed by atoms with E-state index in [0.717, 1.165) is 12.8 Å². The van der Waals surface area contributed by atoms with Gasteiger partial charge in [-0.3, -0.25) is 9.59 Å². The Kier molecular flexibility index (Phi) is 4.74. The van der Waals surface area contributed by atoms with E-state index < -0.39 is 0 Å². The summed E-state index contributed by atoms with van der Waals surface area (Å²) in [5, 5.41) is 2.99. The Hall–Kier alpha value is -1.62. The maximum absolute atomic E-state index is 12.1. The molecule has 4 N–H and O–H groups in total. The van der Waals surface area contributed by atoms with Crippen LogP contribution in [0, 0.1) is 5.92 Å². The van der Waals surface area contributed by atoms with Crippen LogP contribution in [-0.4, -0.2) is 23.5 Å². The van der Waals surface area contributed by atoms with E-state index in [0.29, 0.717) is 18.0 Å². The average molecular weight is 263 g/mol. The van der Waals surface area contributed by atoms with Gasteiger partial charge in [0.2, 0.25) is 5.56 Å². The Bertz CT molecular complexity index is 457. The molecule has 19 heavy (non-hydrogen) atoms. The molecule has 1 fully saturated rings. The molecule has 1 atom stereocenters. The molecule has 1 unspecified atom stereocenters. The van der Waals surface area contributed by atoms with Gasteiger partial charge in [0.1, 0.15) is 0 Å². The van der Waals surface area contributed by atoms with Crippen LogP contribution < -0.4 is 16.6 Å². The highest BCUT2D eigenvalue weighted by Crippen LogP contribution is 2.26. The molecule has 5 heteroatoms. The molecule has 0 saturated heterocycles. The number of hydrogen-bond acceptors (Lipinski definition) is 3. The Morgan fingerprint density at radius 2 is 2.11 bits per heavy atom. The van der Waals surface area contributed by atoms with Crippen LogP contribution in [0.4, 0.5) is 0 Å². The van der Waals surface area contributed by atoms with Gasteiger partial charge in [0.05, 0.1) is 5.56 Å². The molecular weight excluding hydrogens is 242 g/mol. The number of aromatic nitrogens is 1. The second kappa shape index (κ2) is 6.52. The number of rotatable bonds is 4. The van der Waals surface area contributed by atoms with Gasteiger partial charge in [-0.1, -0.05) is 19.3 Å². The summed E-state index contributed by atoms with van der Waals surface area (Å²) in [7, 11) is 0. The summed E-state index contributed by atoms with van der Waals surface area (Å²) in [6.45, 7) is 0.458. The minimum absolute atomic E-state index is 0.0275. The van der Waals surface area contributed by atoms with Crippen molar-refractivity contribution in [2.45, 2.75) is 38.1 Å². The Balaban J connectivity index is 1.99. The summed E-state index contributed by atoms with van der Waals surface area (Å²) in [5.74, 6) is 0.308. The lowest BCUT2D eigenvalue weighted by atomic mass is 9.84. The molecule has 0 aromatic carbocycles. The van der Waals surface area contributed by atoms with Gasteiger partial charge in [0.25, 0.3) is 5.91 Å². The van der Waals surface area contributed by atoms with Gasteiger partial charge in [0, 0.05) is 24.8 Å². The number of nitrogens with one attached hydrogen (secondary N) is 2. The van der Waals surface area contributed by atoms with Gasteiger partial charge in [-0.15, -0.1) is 0 Å². The molecule has 1 aromatic heterocycles. The van der Waals surface area contributed by atoms with Gasteiger partial charge in [-0.2, -0.15) is 0 Å². The van der Waals surface area contributed by atoms with Gasteiger partial charge in [0.15, 0.2) is 0 Å². The number of hydrogen-bond donors (Lipinski definition) is 3. The fraction of sp³-hybridized carbons (Fsp3) is 0.571. The van der Waals surface area contributed by atoms with E-state index in [1.807, 2.05) is 0 Å². The van der Waals surface area contributed by atoms with Crippen LogP contribution in [0.1, 0.15) is 42.5 Å². The Labute approximate surface area is 112 Å². The van der Waals surface area contributed by atoms with Crippen molar-refractivity contribution in [2.75, 3.05) is 6.54 Å². The van der Waals surface area contributed by atoms with Crippen molar-refractivity contribution in [3.8, 4) is 0 Å². The zero-order chi connectivity index (χ0) is 13.7. The quantitative estimate of drug-likeness (QED) is 0.757. The van der Waals surface area contributed by atoms with Crippen LogP contribution >= 0.6 is 0 Å². The smallest absolute Gasteiger partial charge is 0.253 e. The van der Waals surface area contributed by atoms with E-state index >= 15 is 0 Å². The first-order chi connectivity index (χ1) is 9.20. The highest BCUT2D eigenvalue weighted by atomic mass is 16.2. The fourth-order valence-corrected chi connectivity index (χ4v) is 2.71. The maximum Gasteiger partial charge on any atom is 0.253 e. The SMILES string of the molecule is NCC(NC(=O)c1ccc(=O)[nH]c1)C1CCCCC1. The summed E-state index contributed by atoms with van der Waals surface area (Å²) in [5.41, 5.74) is 6.04.